The number of benzene rings is 4. The number of nitrogens with zero attached hydrogens (tertiary/aromatic N) is 1. The quantitative estimate of drug-likeness (QED) is 0.265. The van der Waals surface area contributed by atoms with Crippen LogP contribution in [0.25, 0.3) is 0 Å². The Bertz CT molecular complexity index is 1490. The molecule has 1 aliphatic rings. The molecule has 4 aromatic carbocycles. The van der Waals surface area contributed by atoms with Gasteiger partial charge in [0.1, 0.15) is 22.1 Å². The summed E-state index contributed by atoms with van der Waals surface area (Å²) in [5, 5.41) is 3.28. The van der Waals surface area contributed by atoms with E-state index >= 15 is 0 Å². The zero-order chi connectivity index (χ0) is 25.9. The number of hydrogen-bond donors (Lipinski definition) is 1. The van der Waals surface area contributed by atoms with Crippen LogP contribution in [0.2, 0.25) is 0 Å². The lowest BCUT2D eigenvalue weighted by Gasteiger charge is -2.16. The van der Waals surface area contributed by atoms with Gasteiger partial charge in [-0.1, -0.05) is 59.8 Å². The van der Waals surface area contributed by atoms with Crippen LogP contribution in [0, 0.1) is 20.8 Å². The third-order valence-corrected chi connectivity index (χ3v) is 7.31. The number of carbonyl (C=O) groups is 2. The van der Waals surface area contributed by atoms with Crippen molar-refractivity contribution in [1.82, 2.24) is 0 Å². The number of anilines is 2. The van der Waals surface area contributed by atoms with Crippen LogP contribution < -0.4 is 15.0 Å². The molecular weight excluding hydrogens is 480 g/mol. The lowest BCUT2D eigenvalue weighted by atomic mass is 10.1. The molecule has 2 amide bonds. The van der Waals surface area contributed by atoms with E-state index in [1.54, 1.807) is 24.3 Å². The number of imide groups is 1. The molecule has 184 valence electrons. The average Bonchev–Trinajstić information content (AvgIpc) is 3.13. The predicted molar refractivity (Wildman–Crippen MR) is 149 cm³/mol. The second-order valence-electron chi connectivity index (χ2n) is 8.85. The minimum atomic E-state index is -0.391. The number of aryl methyl sites for hydroxylation is 2. The largest absolute Gasteiger partial charge is 0.457 e. The van der Waals surface area contributed by atoms with E-state index in [1.165, 1.54) is 16.7 Å². The smallest absolute Gasteiger partial charge is 0.283 e. The van der Waals surface area contributed by atoms with Gasteiger partial charge in [0.2, 0.25) is 0 Å². The Morgan fingerprint density at radius 2 is 1.38 bits per heavy atom. The Morgan fingerprint density at radius 1 is 0.703 bits per heavy atom. The summed E-state index contributed by atoms with van der Waals surface area (Å²) in [6.45, 7) is 6.03. The molecule has 0 bridgehead atoms. The molecule has 0 aromatic heterocycles. The fraction of sp³-hybridized carbons (Fsp3) is 0.0968. The molecule has 5 nitrogen and oxygen atoms in total. The highest BCUT2D eigenvalue weighted by atomic mass is 32.2. The van der Waals surface area contributed by atoms with Gasteiger partial charge in [-0.25, -0.2) is 4.90 Å². The van der Waals surface area contributed by atoms with Gasteiger partial charge < -0.3 is 10.1 Å². The first-order chi connectivity index (χ1) is 17.9. The molecule has 0 saturated heterocycles. The summed E-state index contributed by atoms with van der Waals surface area (Å²) in [6.07, 6.45) is 0. The summed E-state index contributed by atoms with van der Waals surface area (Å²) in [5.74, 6) is 0.574. The minimum absolute atomic E-state index is 0.272. The van der Waals surface area contributed by atoms with Crippen molar-refractivity contribution in [3.8, 4) is 11.5 Å². The fourth-order valence-electron chi connectivity index (χ4n) is 3.98. The van der Waals surface area contributed by atoms with E-state index in [0.717, 1.165) is 27.3 Å². The Balaban J connectivity index is 1.47. The second-order valence-corrected chi connectivity index (χ2v) is 9.93. The summed E-state index contributed by atoms with van der Waals surface area (Å²) < 4.78 is 5.87. The average molecular weight is 507 g/mol. The lowest BCUT2D eigenvalue weighted by molar-refractivity contribution is -0.120. The van der Waals surface area contributed by atoms with Crippen molar-refractivity contribution in [3.05, 3.63) is 124 Å². The molecule has 1 N–H and O–H groups in total. The van der Waals surface area contributed by atoms with Crippen molar-refractivity contribution < 1.29 is 14.3 Å². The lowest BCUT2D eigenvalue weighted by Crippen LogP contribution is -2.32. The fourth-order valence-corrected chi connectivity index (χ4v) is 4.91. The van der Waals surface area contributed by atoms with Crippen LogP contribution in [0.4, 0.5) is 11.4 Å². The zero-order valence-electron chi connectivity index (χ0n) is 20.8. The number of nitrogens with one attached hydrogen (secondary N) is 1. The number of thioether (sulfide) groups is 1. The Hall–Kier alpha value is -4.29. The number of carbonyl (C=O) groups excluding carboxylic acids is 2. The number of rotatable bonds is 7. The van der Waals surface area contributed by atoms with Gasteiger partial charge in [-0.05, 0) is 86.5 Å². The standard InChI is InChI=1S/C31H26N2O3S/c1-20-12-18-26(19-13-20)37-29-28(32-27-11-7-8-21(2)22(27)3)30(34)33(31(29)35)23-14-16-25(17-15-23)36-24-9-5-4-6-10-24/h4-19,32H,1-3H3. The molecule has 5 rings (SSSR count). The van der Waals surface area contributed by atoms with Crippen LogP contribution in [0.3, 0.4) is 0 Å². The van der Waals surface area contributed by atoms with E-state index in [2.05, 4.69) is 5.32 Å². The van der Waals surface area contributed by atoms with Crippen LogP contribution >= 0.6 is 11.8 Å². The third-order valence-electron chi connectivity index (χ3n) is 6.22. The van der Waals surface area contributed by atoms with Gasteiger partial charge in [-0.2, -0.15) is 0 Å². The Morgan fingerprint density at radius 3 is 2.08 bits per heavy atom. The van der Waals surface area contributed by atoms with Crippen molar-refractivity contribution in [2.24, 2.45) is 0 Å². The maximum absolute atomic E-state index is 13.7. The SMILES string of the molecule is Cc1ccc(SC2=C(Nc3cccc(C)c3C)C(=O)N(c3ccc(Oc4ccccc4)cc3)C2=O)cc1. The van der Waals surface area contributed by atoms with E-state index in [1.807, 2.05) is 93.6 Å². The maximum atomic E-state index is 13.7. The van der Waals surface area contributed by atoms with Crippen molar-refractivity contribution in [1.29, 1.82) is 0 Å². The summed E-state index contributed by atoms with van der Waals surface area (Å²) in [6, 6.07) is 30.2. The van der Waals surface area contributed by atoms with E-state index in [-0.39, 0.29) is 11.6 Å². The van der Waals surface area contributed by atoms with Crippen LogP contribution in [-0.4, -0.2) is 11.8 Å². The van der Waals surface area contributed by atoms with Crippen LogP contribution in [-0.2, 0) is 9.59 Å². The van der Waals surface area contributed by atoms with E-state index in [9.17, 15) is 9.59 Å². The zero-order valence-corrected chi connectivity index (χ0v) is 21.6. The molecule has 0 saturated carbocycles. The molecule has 1 aliphatic heterocycles. The molecule has 37 heavy (non-hydrogen) atoms. The van der Waals surface area contributed by atoms with Crippen molar-refractivity contribution in [2.75, 3.05) is 10.2 Å². The van der Waals surface area contributed by atoms with Gasteiger partial charge >= 0.3 is 0 Å². The number of hydrogen-bond acceptors (Lipinski definition) is 5. The molecule has 0 unspecified atom stereocenters. The van der Waals surface area contributed by atoms with Gasteiger partial charge in [-0.3, -0.25) is 9.59 Å². The van der Waals surface area contributed by atoms with Crippen LogP contribution in [0.5, 0.6) is 11.5 Å². The first kappa shape index (κ1) is 24.4. The topological polar surface area (TPSA) is 58.6 Å². The summed E-state index contributed by atoms with van der Waals surface area (Å²) in [7, 11) is 0. The summed E-state index contributed by atoms with van der Waals surface area (Å²) >= 11 is 1.29. The Labute approximate surface area is 220 Å². The van der Waals surface area contributed by atoms with Crippen molar-refractivity contribution >= 4 is 35.0 Å². The van der Waals surface area contributed by atoms with Crippen molar-refractivity contribution in [2.45, 2.75) is 25.7 Å². The Kier molecular flexibility index (Phi) is 6.84. The first-order valence-corrected chi connectivity index (χ1v) is 12.8. The van der Waals surface area contributed by atoms with Gasteiger partial charge in [0.25, 0.3) is 11.8 Å². The summed E-state index contributed by atoms with van der Waals surface area (Å²) in [5.41, 5.74) is 4.80. The molecule has 0 atom stereocenters. The maximum Gasteiger partial charge on any atom is 0.283 e. The van der Waals surface area contributed by atoms with Gasteiger partial charge in [0.15, 0.2) is 0 Å². The number of amides is 2. The molecule has 1 heterocycles. The van der Waals surface area contributed by atoms with E-state index in [4.69, 9.17) is 4.74 Å². The number of ether oxygens (including phenoxy) is 1. The number of para-hydroxylation sites is 1. The molecule has 0 fully saturated rings. The van der Waals surface area contributed by atoms with E-state index < -0.39 is 5.91 Å². The van der Waals surface area contributed by atoms with E-state index in [0.29, 0.717) is 22.1 Å². The highest BCUT2D eigenvalue weighted by Gasteiger charge is 2.40. The molecule has 0 aliphatic carbocycles. The molecular formula is C31H26N2O3S. The second kappa shape index (κ2) is 10.4. The van der Waals surface area contributed by atoms with Gasteiger partial charge in [0.05, 0.1) is 5.69 Å². The highest BCUT2D eigenvalue weighted by molar-refractivity contribution is 8.04. The normalized spacial score (nSPS) is 13.3. The van der Waals surface area contributed by atoms with Crippen molar-refractivity contribution in [3.63, 3.8) is 0 Å². The molecule has 0 radical (unpaired) electrons. The summed E-state index contributed by atoms with van der Waals surface area (Å²) in [4.78, 5) is 29.8. The molecule has 4 aromatic rings. The van der Waals surface area contributed by atoms with Crippen LogP contribution in [0.15, 0.2) is 113 Å². The highest BCUT2D eigenvalue weighted by Crippen LogP contribution is 2.39. The molecule has 0 spiro atoms. The molecule has 6 heteroatoms. The minimum Gasteiger partial charge on any atom is -0.457 e. The van der Waals surface area contributed by atoms with Gasteiger partial charge in [-0.15, -0.1) is 0 Å². The monoisotopic (exact) mass is 506 g/mol. The van der Waals surface area contributed by atoms with Crippen LogP contribution in [0.1, 0.15) is 16.7 Å². The third kappa shape index (κ3) is 5.15. The first-order valence-electron chi connectivity index (χ1n) is 11.9. The van der Waals surface area contributed by atoms with Gasteiger partial charge in [0, 0.05) is 10.6 Å². The predicted octanol–water partition coefficient (Wildman–Crippen LogP) is 7.39.